The van der Waals surface area contributed by atoms with E-state index in [2.05, 4.69) is 36.2 Å². The van der Waals surface area contributed by atoms with Gasteiger partial charge in [0, 0.05) is 19.2 Å². The highest BCUT2D eigenvalue weighted by atomic mass is 19.1. The van der Waals surface area contributed by atoms with Gasteiger partial charge in [0.25, 0.3) is 0 Å². The van der Waals surface area contributed by atoms with E-state index in [9.17, 15) is 9.65 Å². The van der Waals surface area contributed by atoms with Crippen LogP contribution in [-0.4, -0.2) is 32.3 Å². The number of halogens is 1. The largest absolute Gasteiger partial charge is 0.497 e. The molecule has 0 unspecified atom stereocenters. The molecule has 0 aliphatic heterocycles. The fraction of sp³-hybridized carbons (Fsp3) is 0.357. The number of methoxy groups -OCH3 is 1. The molecule has 1 atom stereocenters. The maximum Gasteiger partial charge on any atom is 0.167 e. The van der Waals surface area contributed by atoms with Crippen molar-refractivity contribution in [3.63, 3.8) is 0 Å². The Labute approximate surface area is 200 Å². The van der Waals surface area contributed by atoms with E-state index in [4.69, 9.17) is 9.47 Å². The van der Waals surface area contributed by atoms with Crippen LogP contribution in [0.1, 0.15) is 48.8 Å². The highest BCUT2D eigenvalue weighted by molar-refractivity contribution is 5.69. The summed E-state index contributed by atoms with van der Waals surface area (Å²) in [6.45, 7) is 3.34. The summed E-state index contributed by atoms with van der Waals surface area (Å²) in [5.74, 6) is 1.97. The molecule has 0 N–H and O–H groups in total. The number of hydrogen-bond acceptors (Lipinski definition) is 5. The lowest BCUT2D eigenvalue weighted by Gasteiger charge is -2.20. The maximum absolute atomic E-state index is 14.8. The molecule has 1 heterocycles. The van der Waals surface area contributed by atoms with Crippen molar-refractivity contribution in [3.05, 3.63) is 71.0 Å². The van der Waals surface area contributed by atoms with Crippen LogP contribution in [0, 0.1) is 17.1 Å². The van der Waals surface area contributed by atoms with Crippen molar-refractivity contribution in [2.75, 3.05) is 32.2 Å². The summed E-state index contributed by atoms with van der Waals surface area (Å²) in [4.78, 5) is 6.27. The molecule has 4 rings (SSSR count). The Balaban J connectivity index is 1.40. The average molecular weight is 460 g/mol. The zero-order chi connectivity index (χ0) is 24.1. The minimum atomic E-state index is -0.513. The molecule has 0 spiro atoms. The number of aryl methyl sites for hydroxylation is 1. The summed E-state index contributed by atoms with van der Waals surface area (Å²) in [6, 6.07) is 17.0. The number of nitrogens with zero attached hydrogens (tertiary/aromatic N) is 3. The van der Waals surface area contributed by atoms with E-state index in [1.165, 1.54) is 30.0 Å². The van der Waals surface area contributed by atoms with E-state index in [0.29, 0.717) is 36.9 Å². The second kappa shape index (κ2) is 10.6. The molecule has 0 saturated heterocycles. The van der Waals surface area contributed by atoms with Crippen LogP contribution in [0.2, 0.25) is 0 Å². The molecule has 6 heteroatoms. The third-order valence-corrected chi connectivity index (χ3v) is 6.52. The van der Waals surface area contributed by atoms with Gasteiger partial charge in [-0.25, -0.2) is 9.37 Å². The summed E-state index contributed by atoms with van der Waals surface area (Å²) in [5.41, 5.74) is 4.25. The van der Waals surface area contributed by atoms with Crippen LogP contribution in [-0.2, 0) is 6.42 Å². The van der Waals surface area contributed by atoms with Gasteiger partial charge < -0.3 is 14.4 Å². The fourth-order valence-electron chi connectivity index (χ4n) is 4.59. The normalized spacial score (nSPS) is 14.4. The monoisotopic (exact) mass is 459 g/mol. The molecular formula is C28H30FN3O2. The SMILES string of the molecule is CC[C@@H]1CCc2cc(OCCCN(C)c3nc(-c4ccc(OC)cc4)c(C#N)cc3F)ccc21. The third kappa shape index (κ3) is 4.99. The molecule has 1 aromatic heterocycles. The fourth-order valence-corrected chi connectivity index (χ4v) is 4.59. The Kier molecular flexibility index (Phi) is 7.32. The van der Waals surface area contributed by atoms with Crippen molar-refractivity contribution in [1.82, 2.24) is 4.98 Å². The number of nitriles is 1. The number of fused-ring (bicyclic) bond motifs is 1. The van der Waals surface area contributed by atoms with Crippen molar-refractivity contribution in [3.8, 4) is 28.8 Å². The minimum Gasteiger partial charge on any atom is -0.497 e. The molecule has 0 fully saturated rings. The lowest BCUT2D eigenvalue weighted by molar-refractivity contribution is 0.312. The number of hydrogen-bond donors (Lipinski definition) is 0. The van der Waals surface area contributed by atoms with E-state index in [1.807, 2.05) is 12.1 Å². The van der Waals surface area contributed by atoms with Gasteiger partial charge in [-0.05, 0) is 85.2 Å². The molecule has 176 valence electrons. The topological polar surface area (TPSA) is 58.4 Å². The van der Waals surface area contributed by atoms with E-state index in [0.717, 1.165) is 17.7 Å². The molecule has 34 heavy (non-hydrogen) atoms. The van der Waals surface area contributed by atoms with Gasteiger partial charge >= 0.3 is 0 Å². The highest BCUT2D eigenvalue weighted by Gasteiger charge is 2.21. The zero-order valence-electron chi connectivity index (χ0n) is 20.0. The summed E-state index contributed by atoms with van der Waals surface area (Å²) < 4.78 is 25.9. The number of anilines is 1. The summed E-state index contributed by atoms with van der Waals surface area (Å²) in [7, 11) is 3.39. The van der Waals surface area contributed by atoms with E-state index in [1.54, 1.807) is 31.2 Å². The molecule has 0 saturated carbocycles. The second-order valence-corrected chi connectivity index (χ2v) is 8.66. The Bertz CT molecular complexity index is 1190. The van der Waals surface area contributed by atoms with Crippen LogP contribution < -0.4 is 14.4 Å². The first kappa shape index (κ1) is 23.6. The van der Waals surface area contributed by atoms with Crippen molar-refractivity contribution < 1.29 is 13.9 Å². The second-order valence-electron chi connectivity index (χ2n) is 8.66. The molecule has 0 bridgehead atoms. The molecule has 1 aliphatic carbocycles. The predicted octanol–water partition coefficient (Wildman–Crippen LogP) is 6.11. The Morgan fingerprint density at radius 3 is 2.62 bits per heavy atom. The van der Waals surface area contributed by atoms with Crippen LogP contribution in [0.5, 0.6) is 11.5 Å². The molecule has 5 nitrogen and oxygen atoms in total. The Hall–Kier alpha value is -3.59. The van der Waals surface area contributed by atoms with Gasteiger partial charge in [-0.3, -0.25) is 0 Å². The predicted molar refractivity (Wildman–Crippen MR) is 132 cm³/mol. The number of rotatable bonds is 9. The summed E-state index contributed by atoms with van der Waals surface area (Å²) in [5, 5.41) is 9.49. The molecule has 0 radical (unpaired) electrons. The van der Waals surface area contributed by atoms with Crippen LogP contribution >= 0.6 is 0 Å². The zero-order valence-corrected chi connectivity index (χ0v) is 20.0. The van der Waals surface area contributed by atoms with Crippen LogP contribution in [0.15, 0.2) is 48.5 Å². The van der Waals surface area contributed by atoms with Crippen LogP contribution in [0.3, 0.4) is 0 Å². The minimum absolute atomic E-state index is 0.199. The quantitative estimate of drug-likeness (QED) is 0.361. The van der Waals surface area contributed by atoms with Crippen LogP contribution in [0.25, 0.3) is 11.3 Å². The van der Waals surface area contributed by atoms with E-state index in [-0.39, 0.29) is 11.4 Å². The molecular weight excluding hydrogens is 429 g/mol. The van der Waals surface area contributed by atoms with Gasteiger partial charge in [0.05, 0.1) is 25.0 Å². The number of aromatic nitrogens is 1. The first-order chi connectivity index (χ1) is 16.5. The van der Waals surface area contributed by atoms with E-state index < -0.39 is 5.82 Å². The smallest absolute Gasteiger partial charge is 0.167 e. The number of benzene rings is 2. The van der Waals surface area contributed by atoms with Crippen molar-refractivity contribution >= 4 is 5.82 Å². The lowest BCUT2D eigenvalue weighted by atomic mass is 9.99. The van der Waals surface area contributed by atoms with Crippen molar-refractivity contribution in [2.24, 2.45) is 0 Å². The maximum atomic E-state index is 14.8. The van der Waals surface area contributed by atoms with Gasteiger partial charge in [0.1, 0.15) is 17.6 Å². The van der Waals surface area contributed by atoms with Crippen molar-refractivity contribution in [1.29, 1.82) is 5.26 Å². The molecule has 3 aromatic rings. The third-order valence-electron chi connectivity index (χ3n) is 6.52. The summed E-state index contributed by atoms with van der Waals surface area (Å²) >= 11 is 0. The highest BCUT2D eigenvalue weighted by Crippen LogP contribution is 2.37. The van der Waals surface area contributed by atoms with Gasteiger partial charge in [-0.2, -0.15) is 5.26 Å². The van der Waals surface area contributed by atoms with Gasteiger partial charge in [-0.1, -0.05) is 13.0 Å². The molecule has 0 amide bonds. The summed E-state index contributed by atoms with van der Waals surface area (Å²) in [6.07, 6.45) is 4.24. The Morgan fingerprint density at radius 2 is 1.91 bits per heavy atom. The Morgan fingerprint density at radius 1 is 1.15 bits per heavy atom. The van der Waals surface area contributed by atoms with Gasteiger partial charge in [-0.15, -0.1) is 0 Å². The van der Waals surface area contributed by atoms with Gasteiger partial charge in [0.15, 0.2) is 11.6 Å². The van der Waals surface area contributed by atoms with Gasteiger partial charge in [0.2, 0.25) is 0 Å². The number of ether oxygens (including phenoxy) is 2. The average Bonchev–Trinajstić information content (AvgIpc) is 3.28. The number of pyridine rings is 1. The molecule has 2 aromatic carbocycles. The molecule has 1 aliphatic rings. The van der Waals surface area contributed by atoms with Crippen molar-refractivity contribution in [2.45, 2.75) is 38.5 Å². The lowest BCUT2D eigenvalue weighted by Crippen LogP contribution is -2.23. The first-order valence-electron chi connectivity index (χ1n) is 11.8. The van der Waals surface area contributed by atoms with E-state index >= 15 is 0 Å². The van der Waals surface area contributed by atoms with Crippen LogP contribution in [0.4, 0.5) is 10.2 Å². The first-order valence-corrected chi connectivity index (χ1v) is 11.8. The standard InChI is InChI=1S/C28H30FN3O2/c1-4-19-6-7-21-16-24(12-13-25(19)21)34-15-5-14-32(2)28-26(29)17-22(18-30)27(31-28)20-8-10-23(33-3)11-9-20/h8-13,16-17,19H,4-7,14-15H2,1-3H3/t19-/m1/s1.